The van der Waals surface area contributed by atoms with Crippen molar-refractivity contribution in [2.24, 2.45) is 11.7 Å². The van der Waals surface area contributed by atoms with Crippen LogP contribution in [0.15, 0.2) is 24.3 Å². The molecular formula is C32H44I4N2O8. The summed E-state index contributed by atoms with van der Waals surface area (Å²) in [4.78, 5) is 23.5. The van der Waals surface area contributed by atoms with Gasteiger partial charge in [-0.05, 0) is 174 Å². The van der Waals surface area contributed by atoms with E-state index in [1.54, 1.807) is 0 Å². The van der Waals surface area contributed by atoms with Crippen LogP contribution in [0.4, 0.5) is 4.79 Å². The molecule has 0 saturated heterocycles. The van der Waals surface area contributed by atoms with Crippen LogP contribution in [-0.4, -0.2) is 69.4 Å². The van der Waals surface area contributed by atoms with Gasteiger partial charge in [0.1, 0.15) is 23.1 Å². The van der Waals surface area contributed by atoms with Crippen LogP contribution in [0.1, 0.15) is 53.5 Å². The van der Waals surface area contributed by atoms with Crippen LogP contribution in [0.25, 0.3) is 0 Å². The van der Waals surface area contributed by atoms with Gasteiger partial charge in [0.2, 0.25) is 0 Å². The van der Waals surface area contributed by atoms with E-state index in [-0.39, 0.29) is 5.92 Å². The van der Waals surface area contributed by atoms with Crippen LogP contribution < -0.4 is 20.5 Å². The Morgan fingerprint density at radius 3 is 2.07 bits per heavy atom. The molecule has 0 bridgehead atoms. The van der Waals surface area contributed by atoms with E-state index in [1.807, 2.05) is 58.9 Å². The number of carbonyl (C=O) groups is 2. The van der Waals surface area contributed by atoms with E-state index < -0.39 is 29.3 Å². The van der Waals surface area contributed by atoms with E-state index in [2.05, 4.69) is 103 Å². The molecule has 0 fully saturated rings. The van der Waals surface area contributed by atoms with Crippen molar-refractivity contribution in [1.82, 2.24) is 5.32 Å². The van der Waals surface area contributed by atoms with Gasteiger partial charge in [-0.3, -0.25) is 4.79 Å². The van der Waals surface area contributed by atoms with E-state index in [0.29, 0.717) is 45.1 Å². The van der Waals surface area contributed by atoms with Crippen molar-refractivity contribution in [1.29, 1.82) is 0 Å². The topological polar surface area (TPSA) is 128 Å². The Hall–Kier alpha value is -0.420. The summed E-state index contributed by atoms with van der Waals surface area (Å²) in [5.41, 5.74) is 5.86. The lowest BCUT2D eigenvalue weighted by molar-refractivity contribution is -0.142. The summed E-state index contributed by atoms with van der Waals surface area (Å²) in [5.74, 6) is 2.14. The predicted molar refractivity (Wildman–Crippen MR) is 212 cm³/mol. The molecule has 2 aromatic rings. The molecule has 0 aliphatic rings. The average Bonchev–Trinajstić information content (AvgIpc) is 2.93. The summed E-state index contributed by atoms with van der Waals surface area (Å²) in [7, 11) is 1.33. The molecule has 46 heavy (non-hydrogen) atoms. The number of ether oxygens (including phenoxy) is 6. The van der Waals surface area contributed by atoms with Crippen molar-refractivity contribution in [2.45, 2.75) is 71.6 Å². The molecule has 0 aliphatic carbocycles. The third-order valence-electron chi connectivity index (χ3n) is 6.18. The van der Waals surface area contributed by atoms with Crippen molar-refractivity contribution in [3.63, 3.8) is 0 Å². The standard InChI is InChI=1S/C32H44I4N2O8/c1-19(17-42-18-32(5,6)44-11-9-38-30(40)46-31(2,3)4)8-10-43-27-24(35)15-21(16-25(27)36)45-28-22(33)12-20(13-23(28)34)14-26(37)29(39)41-7/h12-13,15-16,19,26H,8-11,14,17-18,37H2,1-7H3,(H,38,40). The van der Waals surface area contributed by atoms with E-state index >= 15 is 0 Å². The summed E-state index contributed by atoms with van der Waals surface area (Å²) in [6, 6.07) is 7.15. The molecule has 2 atom stereocenters. The van der Waals surface area contributed by atoms with Crippen LogP contribution in [0, 0.1) is 20.2 Å². The fourth-order valence-electron chi connectivity index (χ4n) is 3.96. The molecule has 2 rings (SSSR count). The predicted octanol–water partition coefficient (Wildman–Crippen LogP) is 7.68. The molecular weight excluding hydrogens is 1050 g/mol. The van der Waals surface area contributed by atoms with Crippen molar-refractivity contribution < 1.29 is 38.0 Å². The molecule has 0 saturated carbocycles. The van der Waals surface area contributed by atoms with Gasteiger partial charge in [-0.1, -0.05) is 6.92 Å². The molecule has 0 heterocycles. The number of rotatable bonds is 17. The van der Waals surface area contributed by atoms with Gasteiger partial charge in [0, 0.05) is 13.2 Å². The van der Waals surface area contributed by atoms with Crippen LogP contribution in [-0.2, 0) is 30.2 Å². The molecule has 1 amide bonds. The number of methoxy groups -OCH3 is 1. The van der Waals surface area contributed by atoms with Crippen LogP contribution in [0.2, 0.25) is 0 Å². The molecule has 2 unspecified atom stereocenters. The Balaban J connectivity index is 1.81. The van der Waals surface area contributed by atoms with E-state index in [9.17, 15) is 9.59 Å². The Kier molecular flexibility index (Phi) is 17.9. The summed E-state index contributed by atoms with van der Waals surface area (Å²) in [5, 5.41) is 2.70. The first-order valence-electron chi connectivity index (χ1n) is 14.7. The lowest BCUT2D eigenvalue weighted by Crippen LogP contribution is -2.37. The number of esters is 1. The number of nitrogens with two attached hydrogens (primary N) is 1. The van der Waals surface area contributed by atoms with Gasteiger partial charge in [-0.15, -0.1) is 0 Å². The largest absolute Gasteiger partial charge is 0.491 e. The van der Waals surface area contributed by atoms with Crippen molar-refractivity contribution in [3.05, 3.63) is 44.1 Å². The van der Waals surface area contributed by atoms with Gasteiger partial charge in [-0.25, -0.2) is 4.79 Å². The first-order valence-corrected chi connectivity index (χ1v) is 19.0. The van der Waals surface area contributed by atoms with Gasteiger partial charge >= 0.3 is 12.1 Å². The van der Waals surface area contributed by atoms with Gasteiger partial charge in [0.25, 0.3) is 0 Å². The molecule has 0 spiro atoms. The maximum Gasteiger partial charge on any atom is 0.407 e. The lowest BCUT2D eigenvalue weighted by Gasteiger charge is -2.26. The zero-order valence-corrected chi connectivity index (χ0v) is 35.9. The molecule has 0 aliphatic heterocycles. The lowest BCUT2D eigenvalue weighted by atomic mass is 10.1. The van der Waals surface area contributed by atoms with Gasteiger partial charge in [0.05, 0.1) is 46.8 Å². The highest BCUT2D eigenvalue weighted by Gasteiger charge is 2.21. The molecule has 0 aromatic heterocycles. The Labute approximate surface area is 327 Å². The SMILES string of the molecule is COC(=O)C(N)Cc1cc(I)c(Oc2cc(I)c(OCCC(C)COCC(C)(C)OCCNC(=O)OC(C)(C)C)c(I)c2)c(I)c1. The van der Waals surface area contributed by atoms with Crippen molar-refractivity contribution in [3.8, 4) is 17.2 Å². The number of alkyl carbamates (subject to hydrolysis) is 1. The van der Waals surface area contributed by atoms with Crippen molar-refractivity contribution in [2.75, 3.05) is 40.1 Å². The summed E-state index contributed by atoms with van der Waals surface area (Å²) in [6.45, 7) is 13.8. The number of carbonyl (C=O) groups excluding carboxylic acids is 2. The Morgan fingerprint density at radius 2 is 1.50 bits per heavy atom. The second-order valence-corrected chi connectivity index (χ2v) is 17.0. The summed E-state index contributed by atoms with van der Waals surface area (Å²) >= 11 is 9.01. The third kappa shape index (κ3) is 15.4. The molecule has 2 aromatic carbocycles. The maximum atomic E-state index is 11.8. The zero-order valence-electron chi connectivity index (χ0n) is 27.3. The highest BCUT2D eigenvalue weighted by molar-refractivity contribution is 14.1. The Morgan fingerprint density at radius 1 is 0.913 bits per heavy atom. The molecule has 258 valence electrons. The van der Waals surface area contributed by atoms with Crippen molar-refractivity contribution >= 4 is 102 Å². The quantitative estimate of drug-likeness (QED) is 0.0933. The summed E-state index contributed by atoms with van der Waals surface area (Å²) < 4.78 is 38.1. The molecule has 3 N–H and O–H groups in total. The number of amides is 1. The van der Waals surface area contributed by atoms with Crippen LogP contribution in [0.5, 0.6) is 17.2 Å². The van der Waals surface area contributed by atoms with E-state index in [1.165, 1.54) is 7.11 Å². The summed E-state index contributed by atoms with van der Waals surface area (Å²) in [6.07, 6.45) is 0.755. The smallest absolute Gasteiger partial charge is 0.407 e. The molecule has 0 radical (unpaired) electrons. The number of hydrogen-bond donors (Lipinski definition) is 2. The minimum absolute atomic E-state index is 0.289. The first kappa shape index (κ1) is 41.7. The normalized spacial score (nSPS) is 13.1. The number of halogens is 4. The minimum atomic E-state index is -0.714. The maximum absolute atomic E-state index is 11.8. The Bertz CT molecular complexity index is 1270. The second kappa shape index (κ2) is 19.7. The van der Waals surface area contributed by atoms with E-state index in [0.717, 1.165) is 37.8 Å². The highest BCUT2D eigenvalue weighted by Crippen LogP contribution is 2.37. The van der Waals surface area contributed by atoms with Crippen LogP contribution >= 0.6 is 90.4 Å². The number of hydrogen-bond acceptors (Lipinski definition) is 9. The third-order valence-corrected chi connectivity index (χ3v) is 9.39. The minimum Gasteiger partial charge on any atom is -0.491 e. The highest BCUT2D eigenvalue weighted by atomic mass is 127. The average molecular weight is 1090 g/mol. The first-order chi connectivity index (χ1) is 21.4. The number of nitrogens with one attached hydrogen (secondary N) is 1. The van der Waals surface area contributed by atoms with E-state index in [4.69, 9.17) is 34.2 Å². The molecule has 14 heteroatoms. The van der Waals surface area contributed by atoms with Gasteiger partial charge in [0.15, 0.2) is 5.75 Å². The second-order valence-electron chi connectivity index (χ2n) is 12.3. The van der Waals surface area contributed by atoms with Crippen LogP contribution in [0.3, 0.4) is 0 Å². The zero-order chi connectivity index (χ0) is 34.7. The van der Waals surface area contributed by atoms with Gasteiger partial charge < -0.3 is 39.5 Å². The van der Waals surface area contributed by atoms with Gasteiger partial charge in [-0.2, -0.15) is 0 Å². The fraction of sp³-hybridized carbons (Fsp3) is 0.562. The molecule has 10 nitrogen and oxygen atoms in total. The number of benzene rings is 2. The monoisotopic (exact) mass is 1090 g/mol. The fourth-order valence-corrected chi connectivity index (χ4v) is 8.10.